The fourth-order valence-corrected chi connectivity index (χ4v) is 3.16. The van der Waals surface area contributed by atoms with Crippen LogP contribution in [0.25, 0.3) is 0 Å². The molecule has 0 bridgehead atoms. The minimum absolute atomic E-state index is 0.00548. The summed E-state index contributed by atoms with van der Waals surface area (Å²) in [6.45, 7) is 2.93. The maximum absolute atomic E-state index is 12.4. The number of fused-ring (bicyclic) bond motifs is 1. The number of hydrogen-bond acceptors (Lipinski definition) is 5. The van der Waals surface area contributed by atoms with E-state index in [1.165, 1.54) is 5.56 Å². The second-order valence-corrected chi connectivity index (χ2v) is 6.68. The van der Waals surface area contributed by atoms with E-state index in [0.717, 1.165) is 30.0 Å². The SMILES string of the molecule is Cc1nnnn1Cc1ccc(C(=O)NC[C@H]2CCc3ccccc3O2)cc1. The van der Waals surface area contributed by atoms with Crippen LogP contribution in [0, 0.1) is 6.92 Å². The van der Waals surface area contributed by atoms with E-state index in [4.69, 9.17) is 4.74 Å². The summed E-state index contributed by atoms with van der Waals surface area (Å²) in [6.07, 6.45) is 1.88. The van der Waals surface area contributed by atoms with Gasteiger partial charge in [-0.05, 0) is 59.5 Å². The molecule has 3 aromatic rings. The van der Waals surface area contributed by atoms with E-state index in [2.05, 4.69) is 26.9 Å². The Kier molecular flexibility index (Phi) is 4.82. The second-order valence-electron chi connectivity index (χ2n) is 6.68. The summed E-state index contributed by atoms with van der Waals surface area (Å²) in [5, 5.41) is 14.4. The largest absolute Gasteiger partial charge is 0.488 e. The van der Waals surface area contributed by atoms with Crippen molar-refractivity contribution in [2.24, 2.45) is 0 Å². The first kappa shape index (κ1) is 17.2. The minimum Gasteiger partial charge on any atom is -0.488 e. The van der Waals surface area contributed by atoms with Gasteiger partial charge in [-0.1, -0.05) is 30.3 Å². The van der Waals surface area contributed by atoms with Crippen LogP contribution in [0.1, 0.15) is 33.7 Å². The Hall–Kier alpha value is -3.22. The molecular formula is C20H21N5O2. The molecule has 1 aromatic heterocycles. The van der Waals surface area contributed by atoms with E-state index < -0.39 is 0 Å². The van der Waals surface area contributed by atoms with Crippen LogP contribution in [0.3, 0.4) is 0 Å². The highest BCUT2D eigenvalue weighted by Crippen LogP contribution is 2.26. The molecule has 4 rings (SSSR count). The lowest BCUT2D eigenvalue weighted by atomic mass is 10.0. The van der Waals surface area contributed by atoms with Crippen LogP contribution in [-0.4, -0.2) is 38.8 Å². The molecule has 1 atom stereocenters. The smallest absolute Gasteiger partial charge is 0.251 e. The predicted octanol–water partition coefficient (Wildman–Crippen LogP) is 2.15. The number of carbonyl (C=O) groups is 1. The lowest BCUT2D eigenvalue weighted by molar-refractivity contribution is 0.0918. The zero-order valence-corrected chi connectivity index (χ0v) is 15.1. The third kappa shape index (κ3) is 3.97. The van der Waals surface area contributed by atoms with Crippen LogP contribution in [0.15, 0.2) is 48.5 Å². The van der Waals surface area contributed by atoms with E-state index >= 15 is 0 Å². The van der Waals surface area contributed by atoms with Crippen molar-refractivity contribution < 1.29 is 9.53 Å². The van der Waals surface area contributed by atoms with Gasteiger partial charge in [0.2, 0.25) is 0 Å². The van der Waals surface area contributed by atoms with Crippen LogP contribution in [0.4, 0.5) is 0 Å². The number of carbonyl (C=O) groups excluding carboxylic acids is 1. The Morgan fingerprint density at radius 2 is 2.04 bits per heavy atom. The molecule has 0 fully saturated rings. The van der Waals surface area contributed by atoms with Crippen LogP contribution < -0.4 is 10.1 Å². The highest BCUT2D eigenvalue weighted by molar-refractivity contribution is 5.94. The number of tetrazole rings is 1. The van der Waals surface area contributed by atoms with Gasteiger partial charge in [0.25, 0.3) is 5.91 Å². The quantitative estimate of drug-likeness (QED) is 0.751. The van der Waals surface area contributed by atoms with Gasteiger partial charge < -0.3 is 10.1 Å². The van der Waals surface area contributed by atoms with Gasteiger partial charge in [0.15, 0.2) is 0 Å². The fourth-order valence-electron chi connectivity index (χ4n) is 3.16. The van der Waals surface area contributed by atoms with Crippen molar-refractivity contribution in [1.29, 1.82) is 0 Å². The molecular weight excluding hydrogens is 342 g/mol. The Bertz CT molecular complexity index is 936. The second kappa shape index (κ2) is 7.57. The van der Waals surface area contributed by atoms with Gasteiger partial charge in [-0.25, -0.2) is 4.68 Å². The molecule has 0 spiro atoms. The first-order valence-corrected chi connectivity index (χ1v) is 9.03. The summed E-state index contributed by atoms with van der Waals surface area (Å²) in [5.74, 6) is 1.58. The lowest BCUT2D eigenvalue weighted by Gasteiger charge is -2.26. The molecule has 2 aromatic carbocycles. The molecule has 0 aliphatic carbocycles. The normalized spacial score (nSPS) is 15.7. The zero-order chi connectivity index (χ0) is 18.6. The van der Waals surface area contributed by atoms with E-state index in [-0.39, 0.29) is 12.0 Å². The summed E-state index contributed by atoms with van der Waals surface area (Å²) in [5.41, 5.74) is 2.89. The van der Waals surface area contributed by atoms with E-state index in [0.29, 0.717) is 18.7 Å². The number of benzene rings is 2. The first-order valence-electron chi connectivity index (χ1n) is 9.03. The van der Waals surface area contributed by atoms with Crippen LogP contribution in [0.2, 0.25) is 0 Å². The molecule has 1 N–H and O–H groups in total. The average Bonchev–Trinajstić information content (AvgIpc) is 3.11. The number of rotatable bonds is 5. The van der Waals surface area contributed by atoms with Crippen LogP contribution >= 0.6 is 0 Å². The molecule has 7 heteroatoms. The predicted molar refractivity (Wildman–Crippen MR) is 99.6 cm³/mol. The van der Waals surface area contributed by atoms with Crippen LogP contribution in [-0.2, 0) is 13.0 Å². The van der Waals surface area contributed by atoms with E-state index in [1.807, 2.05) is 49.4 Å². The standard InChI is InChI=1S/C20H21N5O2/c1-14-22-23-24-25(14)13-15-6-8-17(9-7-15)20(26)21-12-18-11-10-16-4-2-3-5-19(16)27-18/h2-9,18H,10-13H2,1H3,(H,21,26)/t18-/m1/s1. The van der Waals surface area contributed by atoms with Gasteiger partial charge in [-0.3, -0.25) is 4.79 Å². The third-order valence-electron chi connectivity index (χ3n) is 4.75. The molecule has 0 saturated carbocycles. The van der Waals surface area contributed by atoms with E-state index in [9.17, 15) is 4.79 Å². The van der Waals surface area contributed by atoms with Crippen molar-refractivity contribution in [2.45, 2.75) is 32.4 Å². The van der Waals surface area contributed by atoms with Crippen molar-refractivity contribution >= 4 is 5.91 Å². The number of nitrogens with zero attached hydrogens (tertiary/aromatic N) is 4. The number of aryl methyl sites for hydroxylation is 2. The summed E-state index contributed by atoms with van der Waals surface area (Å²) in [6, 6.07) is 15.5. The summed E-state index contributed by atoms with van der Waals surface area (Å²) < 4.78 is 7.69. The molecule has 0 unspecified atom stereocenters. The molecule has 7 nitrogen and oxygen atoms in total. The fraction of sp³-hybridized carbons (Fsp3) is 0.300. The van der Waals surface area contributed by atoms with Gasteiger partial charge in [0.1, 0.15) is 17.7 Å². The van der Waals surface area contributed by atoms with Gasteiger partial charge in [0, 0.05) is 5.56 Å². The molecule has 27 heavy (non-hydrogen) atoms. The van der Waals surface area contributed by atoms with Crippen molar-refractivity contribution in [1.82, 2.24) is 25.5 Å². The van der Waals surface area contributed by atoms with E-state index in [1.54, 1.807) is 4.68 Å². The Labute approximate surface area is 157 Å². The number of aromatic nitrogens is 4. The zero-order valence-electron chi connectivity index (χ0n) is 15.1. The highest BCUT2D eigenvalue weighted by atomic mass is 16.5. The molecule has 1 amide bonds. The molecule has 0 saturated heterocycles. The average molecular weight is 363 g/mol. The molecule has 1 aliphatic heterocycles. The maximum Gasteiger partial charge on any atom is 0.251 e. The minimum atomic E-state index is -0.0948. The number of nitrogens with one attached hydrogen (secondary N) is 1. The Morgan fingerprint density at radius 1 is 1.22 bits per heavy atom. The number of para-hydroxylation sites is 1. The van der Waals surface area contributed by atoms with Gasteiger partial charge in [0.05, 0.1) is 13.1 Å². The molecule has 2 heterocycles. The molecule has 0 radical (unpaired) electrons. The maximum atomic E-state index is 12.4. The van der Waals surface area contributed by atoms with Crippen molar-refractivity contribution in [3.05, 3.63) is 71.0 Å². The Morgan fingerprint density at radius 3 is 2.81 bits per heavy atom. The van der Waals surface area contributed by atoms with Crippen molar-refractivity contribution in [3.8, 4) is 5.75 Å². The molecule has 1 aliphatic rings. The van der Waals surface area contributed by atoms with Crippen molar-refractivity contribution in [2.75, 3.05) is 6.54 Å². The topological polar surface area (TPSA) is 81.9 Å². The van der Waals surface area contributed by atoms with Crippen molar-refractivity contribution in [3.63, 3.8) is 0 Å². The lowest BCUT2D eigenvalue weighted by Crippen LogP contribution is -2.37. The van der Waals surface area contributed by atoms with Gasteiger partial charge in [-0.15, -0.1) is 5.10 Å². The summed E-state index contributed by atoms with van der Waals surface area (Å²) >= 11 is 0. The van der Waals surface area contributed by atoms with Gasteiger partial charge in [-0.2, -0.15) is 0 Å². The molecule has 138 valence electrons. The summed E-state index contributed by atoms with van der Waals surface area (Å²) in [7, 11) is 0. The Balaban J connectivity index is 1.32. The first-order chi connectivity index (χ1) is 13.2. The van der Waals surface area contributed by atoms with Crippen LogP contribution in [0.5, 0.6) is 5.75 Å². The highest BCUT2D eigenvalue weighted by Gasteiger charge is 2.20. The third-order valence-corrected chi connectivity index (χ3v) is 4.75. The number of hydrogen-bond donors (Lipinski definition) is 1. The monoisotopic (exact) mass is 363 g/mol. The number of amides is 1. The summed E-state index contributed by atoms with van der Waals surface area (Å²) in [4.78, 5) is 12.4. The van der Waals surface area contributed by atoms with Gasteiger partial charge >= 0.3 is 0 Å². The number of ether oxygens (including phenoxy) is 1.